The second-order valence-electron chi connectivity index (χ2n) is 8.82. The van der Waals surface area contributed by atoms with Gasteiger partial charge in [0.15, 0.2) is 0 Å². The number of hydrazine groups is 1. The summed E-state index contributed by atoms with van der Waals surface area (Å²) in [5, 5.41) is 0. The third kappa shape index (κ3) is 5.61. The zero-order valence-electron chi connectivity index (χ0n) is 19.6. The number of benzene rings is 3. The third-order valence-electron chi connectivity index (χ3n) is 6.10. The standard InChI is InChI=1S/C27H27BrFN3O3/c1-32(2)14-4-13-27(21-8-10-23(29)11-9-21)24-12-7-19(15-20(24)17-35-27)26(34)31-30-25(33)18-5-3-6-22(28)16-18/h3,5-12,15-16H,4,13-14,17H2,1-2H3,(H,30,33)(H,31,34). The van der Waals surface area contributed by atoms with E-state index in [2.05, 4.69) is 31.7 Å². The summed E-state index contributed by atoms with van der Waals surface area (Å²) in [7, 11) is 4.04. The molecule has 0 fully saturated rings. The molecule has 0 aromatic heterocycles. The van der Waals surface area contributed by atoms with Gasteiger partial charge >= 0.3 is 0 Å². The van der Waals surface area contributed by atoms with Gasteiger partial charge in [0.1, 0.15) is 11.4 Å². The number of hydrogen-bond donors (Lipinski definition) is 2. The fourth-order valence-electron chi connectivity index (χ4n) is 4.37. The lowest BCUT2D eigenvalue weighted by Gasteiger charge is -2.31. The molecule has 1 aliphatic rings. The van der Waals surface area contributed by atoms with Crippen molar-refractivity contribution in [1.29, 1.82) is 0 Å². The summed E-state index contributed by atoms with van der Waals surface area (Å²) >= 11 is 3.33. The number of hydrogen-bond acceptors (Lipinski definition) is 4. The molecule has 3 aromatic carbocycles. The van der Waals surface area contributed by atoms with E-state index in [-0.39, 0.29) is 5.82 Å². The van der Waals surface area contributed by atoms with E-state index in [0.717, 1.165) is 40.5 Å². The maximum atomic E-state index is 13.6. The number of rotatable bonds is 7. The molecule has 0 saturated carbocycles. The summed E-state index contributed by atoms with van der Waals surface area (Å²) in [5.74, 6) is -1.14. The van der Waals surface area contributed by atoms with Crippen molar-refractivity contribution in [3.05, 3.63) is 105 Å². The fourth-order valence-corrected chi connectivity index (χ4v) is 4.77. The van der Waals surface area contributed by atoms with E-state index in [4.69, 9.17) is 4.74 Å². The molecule has 4 rings (SSSR count). The number of amides is 2. The Balaban J connectivity index is 1.53. The predicted octanol–water partition coefficient (Wildman–Crippen LogP) is 4.78. The summed E-state index contributed by atoms with van der Waals surface area (Å²) in [6, 6.07) is 18.7. The van der Waals surface area contributed by atoms with Crippen LogP contribution in [0.5, 0.6) is 0 Å². The van der Waals surface area contributed by atoms with Crippen molar-refractivity contribution in [2.45, 2.75) is 25.0 Å². The third-order valence-corrected chi connectivity index (χ3v) is 6.59. The van der Waals surface area contributed by atoms with E-state index in [9.17, 15) is 14.0 Å². The second-order valence-corrected chi connectivity index (χ2v) is 9.74. The molecular formula is C27H27BrFN3O3. The molecule has 1 heterocycles. The molecule has 0 saturated heterocycles. The van der Waals surface area contributed by atoms with Crippen LogP contribution in [0.3, 0.4) is 0 Å². The van der Waals surface area contributed by atoms with Crippen molar-refractivity contribution in [1.82, 2.24) is 15.8 Å². The first-order valence-corrected chi connectivity index (χ1v) is 12.1. The number of nitrogens with zero attached hydrogens (tertiary/aromatic N) is 1. The monoisotopic (exact) mass is 539 g/mol. The van der Waals surface area contributed by atoms with Crippen LogP contribution < -0.4 is 10.9 Å². The van der Waals surface area contributed by atoms with Crippen LogP contribution in [0, 0.1) is 5.82 Å². The highest BCUT2D eigenvalue weighted by atomic mass is 79.9. The normalized spacial score (nSPS) is 16.7. The van der Waals surface area contributed by atoms with Gasteiger partial charge in [0.25, 0.3) is 11.8 Å². The summed E-state index contributed by atoms with van der Waals surface area (Å²) < 4.78 is 20.8. The number of fused-ring (bicyclic) bond motifs is 1. The first-order valence-electron chi connectivity index (χ1n) is 11.3. The molecule has 35 heavy (non-hydrogen) atoms. The molecule has 1 unspecified atom stereocenters. The van der Waals surface area contributed by atoms with Crippen molar-refractivity contribution in [3.63, 3.8) is 0 Å². The Labute approximate surface area is 212 Å². The van der Waals surface area contributed by atoms with Crippen LogP contribution in [0.25, 0.3) is 0 Å². The summed E-state index contributed by atoms with van der Waals surface area (Å²) in [6.45, 7) is 1.22. The van der Waals surface area contributed by atoms with Gasteiger partial charge in [-0.25, -0.2) is 4.39 Å². The van der Waals surface area contributed by atoms with Gasteiger partial charge in [-0.15, -0.1) is 0 Å². The molecule has 0 aliphatic carbocycles. The van der Waals surface area contributed by atoms with Crippen molar-refractivity contribution in [3.8, 4) is 0 Å². The van der Waals surface area contributed by atoms with Gasteiger partial charge < -0.3 is 9.64 Å². The molecule has 0 spiro atoms. The highest BCUT2D eigenvalue weighted by Crippen LogP contribution is 2.45. The molecule has 1 atom stereocenters. The molecule has 2 amide bonds. The number of carbonyl (C=O) groups excluding carboxylic acids is 2. The molecule has 8 heteroatoms. The van der Waals surface area contributed by atoms with Gasteiger partial charge in [-0.1, -0.05) is 40.2 Å². The quantitative estimate of drug-likeness (QED) is 0.424. The smallest absolute Gasteiger partial charge is 0.269 e. The average molecular weight is 540 g/mol. The van der Waals surface area contributed by atoms with Gasteiger partial charge in [-0.3, -0.25) is 20.4 Å². The molecule has 6 nitrogen and oxygen atoms in total. The predicted molar refractivity (Wildman–Crippen MR) is 135 cm³/mol. The minimum Gasteiger partial charge on any atom is -0.361 e. The van der Waals surface area contributed by atoms with Gasteiger partial charge in [0, 0.05) is 15.6 Å². The lowest BCUT2D eigenvalue weighted by molar-refractivity contribution is -0.0140. The first kappa shape index (κ1) is 25.0. The summed E-state index contributed by atoms with van der Waals surface area (Å²) in [6.07, 6.45) is 1.60. The summed E-state index contributed by atoms with van der Waals surface area (Å²) in [4.78, 5) is 27.2. The Morgan fingerprint density at radius 3 is 2.34 bits per heavy atom. The van der Waals surface area contributed by atoms with Crippen LogP contribution >= 0.6 is 15.9 Å². The topological polar surface area (TPSA) is 70.7 Å². The molecule has 182 valence electrons. The van der Waals surface area contributed by atoms with Crippen LogP contribution in [0.2, 0.25) is 0 Å². The molecular weight excluding hydrogens is 513 g/mol. The van der Waals surface area contributed by atoms with Crippen molar-refractivity contribution in [2.75, 3.05) is 20.6 Å². The highest BCUT2D eigenvalue weighted by molar-refractivity contribution is 9.10. The lowest BCUT2D eigenvalue weighted by atomic mass is 9.81. The Morgan fingerprint density at radius 2 is 1.69 bits per heavy atom. The van der Waals surface area contributed by atoms with Crippen molar-refractivity contribution in [2.24, 2.45) is 0 Å². The zero-order valence-corrected chi connectivity index (χ0v) is 21.2. The molecule has 2 N–H and O–H groups in total. The Morgan fingerprint density at radius 1 is 1.00 bits per heavy atom. The Bertz CT molecular complexity index is 1230. The lowest BCUT2D eigenvalue weighted by Crippen LogP contribution is -2.41. The van der Waals surface area contributed by atoms with Crippen molar-refractivity contribution < 1.29 is 18.7 Å². The SMILES string of the molecule is CN(C)CCCC1(c2ccc(F)cc2)OCc2cc(C(=O)NNC(=O)c3cccc(Br)c3)ccc21. The number of halogens is 2. The van der Waals surface area contributed by atoms with Gasteiger partial charge in [-0.05, 0) is 92.6 Å². The van der Waals surface area contributed by atoms with Crippen LogP contribution in [0.15, 0.2) is 71.2 Å². The van der Waals surface area contributed by atoms with Gasteiger partial charge in [0.2, 0.25) is 0 Å². The van der Waals surface area contributed by atoms with Crippen LogP contribution in [0.4, 0.5) is 4.39 Å². The number of nitrogens with one attached hydrogen (secondary N) is 2. The molecule has 0 bridgehead atoms. The van der Waals surface area contributed by atoms with Gasteiger partial charge in [0.05, 0.1) is 6.61 Å². The fraction of sp³-hybridized carbons (Fsp3) is 0.259. The summed E-state index contributed by atoms with van der Waals surface area (Å²) in [5.41, 5.74) is 7.79. The van der Waals surface area contributed by atoms with Gasteiger partial charge in [-0.2, -0.15) is 0 Å². The molecule has 1 aliphatic heterocycles. The van der Waals surface area contributed by atoms with Crippen LogP contribution in [-0.4, -0.2) is 37.4 Å². The van der Waals surface area contributed by atoms with E-state index < -0.39 is 17.4 Å². The maximum absolute atomic E-state index is 13.6. The number of carbonyl (C=O) groups is 2. The largest absolute Gasteiger partial charge is 0.361 e. The van der Waals surface area contributed by atoms with E-state index in [1.807, 2.05) is 26.2 Å². The average Bonchev–Trinajstić information content (AvgIpc) is 3.21. The highest BCUT2D eigenvalue weighted by Gasteiger charge is 2.41. The molecule has 3 aromatic rings. The maximum Gasteiger partial charge on any atom is 0.269 e. The Hall–Kier alpha value is -3.07. The van der Waals surface area contributed by atoms with E-state index in [0.29, 0.717) is 17.7 Å². The minimum atomic E-state index is -0.705. The van der Waals surface area contributed by atoms with Crippen molar-refractivity contribution >= 4 is 27.7 Å². The van der Waals surface area contributed by atoms with Crippen LogP contribution in [-0.2, 0) is 16.9 Å². The van der Waals surface area contributed by atoms with E-state index in [1.165, 1.54) is 12.1 Å². The zero-order chi connectivity index (χ0) is 25.0. The van der Waals surface area contributed by atoms with Crippen LogP contribution in [0.1, 0.15) is 50.2 Å². The number of ether oxygens (including phenoxy) is 1. The minimum absolute atomic E-state index is 0.299. The van der Waals surface area contributed by atoms with E-state index in [1.54, 1.807) is 42.5 Å². The van der Waals surface area contributed by atoms with E-state index >= 15 is 0 Å². The Kier molecular flexibility index (Phi) is 7.64. The second kappa shape index (κ2) is 10.7. The molecule has 0 radical (unpaired) electrons. The first-order chi connectivity index (χ1) is 16.8.